The second-order valence-electron chi connectivity index (χ2n) is 5.78. The lowest BCUT2D eigenvalue weighted by Gasteiger charge is -2.15. The number of nitrogens with zero attached hydrogens (tertiary/aromatic N) is 1. The number of rotatable bonds is 3. The second-order valence-corrected chi connectivity index (χ2v) is 5.78. The minimum atomic E-state index is -0.437. The summed E-state index contributed by atoms with van der Waals surface area (Å²) in [4.78, 5) is 28.3. The van der Waals surface area contributed by atoms with Crippen molar-refractivity contribution in [2.24, 2.45) is 5.73 Å². The van der Waals surface area contributed by atoms with Gasteiger partial charge < -0.3 is 15.6 Å². The van der Waals surface area contributed by atoms with Crippen molar-refractivity contribution >= 4 is 22.7 Å². The van der Waals surface area contributed by atoms with Crippen LogP contribution >= 0.6 is 0 Å². The molecule has 1 fully saturated rings. The molecule has 0 aliphatic carbocycles. The summed E-state index contributed by atoms with van der Waals surface area (Å²) < 4.78 is 0. The monoisotopic (exact) mass is 297 g/mol. The number of H-pyrrole nitrogens is 1. The molecule has 5 nitrogen and oxygen atoms in total. The van der Waals surface area contributed by atoms with E-state index in [-0.39, 0.29) is 11.8 Å². The predicted octanol–water partition coefficient (Wildman–Crippen LogP) is 2.08. The summed E-state index contributed by atoms with van der Waals surface area (Å²) in [5, 5.41) is 1.02. The number of amides is 2. The number of aromatic amines is 1. The molecular weight excluding hydrogens is 278 g/mol. The molecule has 1 atom stereocenters. The minimum Gasteiger partial charge on any atom is -0.366 e. The van der Waals surface area contributed by atoms with Gasteiger partial charge in [0.05, 0.1) is 11.1 Å². The van der Waals surface area contributed by atoms with Crippen molar-refractivity contribution in [3.63, 3.8) is 0 Å². The SMILES string of the molecule is C=CC(=O)N1CCC(c2ccc(C(N)=O)c3[nH]c(C)cc23)C1. The van der Waals surface area contributed by atoms with Crippen LogP contribution < -0.4 is 5.73 Å². The quantitative estimate of drug-likeness (QED) is 0.851. The van der Waals surface area contributed by atoms with E-state index in [2.05, 4.69) is 11.6 Å². The van der Waals surface area contributed by atoms with Gasteiger partial charge in [-0.25, -0.2) is 0 Å². The van der Waals surface area contributed by atoms with Gasteiger partial charge in [-0.05, 0) is 37.1 Å². The largest absolute Gasteiger partial charge is 0.366 e. The Balaban J connectivity index is 2.02. The number of hydrogen-bond donors (Lipinski definition) is 2. The molecule has 2 amide bonds. The molecule has 22 heavy (non-hydrogen) atoms. The van der Waals surface area contributed by atoms with E-state index in [0.717, 1.165) is 35.1 Å². The van der Waals surface area contributed by atoms with E-state index in [1.165, 1.54) is 6.08 Å². The summed E-state index contributed by atoms with van der Waals surface area (Å²) in [6, 6.07) is 5.77. The maximum absolute atomic E-state index is 11.7. The molecule has 2 aromatic rings. The van der Waals surface area contributed by atoms with Crippen molar-refractivity contribution in [3.05, 3.63) is 47.7 Å². The van der Waals surface area contributed by atoms with Crippen molar-refractivity contribution in [2.75, 3.05) is 13.1 Å². The molecular formula is C17H19N3O2. The lowest BCUT2D eigenvalue weighted by atomic mass is 9.93. The summed E-state index contributed by atoms with van der Waals surface area (Å²) >= 11 is 0. The van der Waals surface area contributed by atoms with E-state index < -0.39 is 5.91 Å². The third-order valence-electron chi connectivity index (χ3n) is 4.34. The normalized spacial score (nSPS) is 17.9. The van der Waals surface area contributed by atoms with Crippen LogP contribution in [0.3, 0.4) is 0 Å². The Bertz CT molecular complexity index is 776. The zero-order chi connectivity index (χ0) is 15.9. The second kappa shape index (κ2) is 5.33. The van der Waals surface area contributed by atoms with Gasteiger partial charge >= 0.3 is 0 Å². The summed E-state index contributed by atoms with van der Waals surface area (Å²) in [5.74, 6) is -0.199. The molecule has 0 bridgehead atoms. The predicted molar refractivity (Wildman–Crippen MR) is 85.7 cm³/mol. The van der Waals surface area contributed by atoms with Gasteiger partial charge in [-0.3, -0.25) is 9.59 Å². The molecule has 1 aromatic heterocycles. The standard InChI is InChI=1S/C17H19N3O2/c1-3-15(21)20-7-6-11(9-20)12-4-5-13(17(18)22)16-14(12)8-10(2)19-16/h3-5,8,11,19H,1,6-7,9H2,2H3,(H2,18,22). The molecule has 0 spiro atoms. The fraction of sp³-hybridized carbons (Fsp3) is 0.294. The van der Waals surface area contributed by atoms with E-state index in [4.69, 9.17) is 5.73 Å². The molecule has 0 radical (unpaired) electrons. The van der Waals surface area contributed by atoms with Crippen LogP contribution in [0.25, 0.3) is 10.9 Å². The van der Waals surface area contributed by atoms with Crippen LogP contribution in [-0.2, 0) is 4.79 Å². The first-order valence-corrected chi connectivity index (χ1v) is 7.34. The molecule has 5 heteroatoms. The first kappa shape index (κ1) is 14.4. The molecule has 3 N–H and O–H groups in total. The van der Waals surface area contributed by atoms with Gasteiger partial charge in [-0.1, -0.05) is 12.6 Å². The number of carbonyl (C=O) groups excluding carboxylic acids is 2. The zero-order valence-electron chi connectivity index (χ0n) is 12.6. The van der Waals surface area contributed by atoms with Gasteiger partial charge in [-0.15, -0.1) is 0 Å². The molecule has 3 rings (SSSR count). The number of nitrogens with one attached hydrogen (secondary N) is 1. The third-order valence-corrected chi connectivity index (χ3v) is 4.34. The molecule has 2 heterocycles. The highest BCUT2D eigenvalue weighted by Crippen LogP contribution is 2.34. The van der Waals surface area contributed by atoms with Crippen molar-refractivity contribution < 1.29 is 9.59 Å². The Hall–Kier alpha value is -2.56. The third kappa shape index (κ3) is 2.28. The Labute approximate surface area is 128 Å². The van der Waals surface area contributed by atoms with Crippen LogP contribution in [0.1, 0.15) is 34.0 Å². The van der Waals surface area contributed by atoms with Crippen molar-refractivity contribution in [2.45, 2.75) is 19.3 Å². The summed E-state index contributed by atoms with van der Waals surface area (Å²) in [7, 11) is 0. The lowest BCUT2D eigenvalue weighted by molar-refractivity contribution is -0.125. The average molecular weight is 297 g/mol. The van der Waals surface area contributed by atoms with Gasteiger partial charge in [0.2, 0.25) is 5.91 Å². The summed E-state index contributed by atoms with van der Waals surface area (Å²) in [6.45, 7) is 6.91. The van der Waals surface area contributed by atoms with Crippen LogP contribution in [0, 0.1) is 6.92 Å². The number of nitrogens with two attached hydrogens (primary N) is 1. The first-order valence-electron chi connectivity index (χ1n) is 7.34. The Kier molecular flexibility index (Phi) is 3.48. The van der Waals surface area contributed by atoms with Gasteiger partial charge in [0.1, 0.15) is 0 Å². The molecule has 1 aliphatic rings. The summed E-state index contributed by atoms with van der Waals surface area (Å²) in [5.41, 5.74) is 8.89. The number of carbonyl (C=O) groups is 2. The average Bonchev–Trinajstić information content (AvgIpc) is 3.10. The van der Waals surface area contributed by atoms with Crippen molar-refractivity contribution in [3.8, 4) is 0 Å². The van der Waals surface area contributed by atoms with E-state index in [1.54, 1.807) is 6.07 Å². The highest BCUT2D eigenvalue weighted by Gasteiger charge is 2.28. The van der Waals surface area contributed by atoms with E-state index >= 15 is 0 Å². The Morgan fingerprint density at radius 2 is 2.23 bits per heavy atom. The smallest absolute Gasteiger partial charge is 0.250 e. The first-order chi connectivity index (χ1) is 10.5. The van der Waals surface area contributed by atoms with Crippen LogP contribution in [-0.4, -0.2) is 34.8 Å². The maximum Gasteiger partial charge on any atom is 0.250 e. The maximum atomic E-state index is 11.7. The van der Waals surface area contributed by atoms with E-state index in [9.17, 15) is 9.59 Å². The van der Waals surface area contributed by atoms with Crippen LogP contribution in [0.15, 0.2) is 30.9 Å². The van der Waals surface area contributed by atoms with E-state index in [0.29, 0.717) is 12.1 Å². The number of aryl methyl sites for hydroxylation is 1. The molecule has 0 saturated carbocycles. The molecule has 1 unspecified atom stereocenters. The Morgan fingerprint density at radius 1 is 1.45 bits per heavy atom. The summed E-state index contributed by atoms with van der Waals surface area (Å²) in [6.07, 6.45) is 2.27. The number of likely N-dealkylation sites (tertiary alicyclic amines) is 1. The minimum absolute atomic E-state index is 0.0299. The van der Waals surface area contributed by atoms with Crippen LogP contribution in [0.4, 0.5) is 0 Å². The van der Waals surface area contributed by atoms with Gasteiger partial charge in [0, 0.05) is 30.1 Å². The highest BCUT2D eigenvalue weighted by molar-refractivity contribution is 6.06. The van der Waals surface area contributed by atoms with Gasteiger partial charge in [0.25, 0.3) is 5.91 Å². The van der Waals surface area contributed by atoms with Gasteiger partial charge in [-0.2, -0.15) is 0 Å². The topological polar surface area (TPSA) is 79.2 Å². The lowest BCUT2D eigenvalue weighted by Crippen LogP contribution is -2.26. The number of fused-ring (bicyclic) bond motifs is 1. The van der Waals surface area contributed by atoms with Gasteiger partial charge in [0.15, 0.2) is 0 Å². The molecule has 1 aliphatic heterocycles. The van der Waals surface area contributed by atoms with Crippen molar-refractivity contribution in [1.29, 1.82) is 0 Å². The number of hydrogen-bond acceptors (Lipinski definition) is 2. The highest BCUT2D eigenvalue weighted by atomic mass is 16.2. The molecule has 1 saturated heterocycles. The van der Waals surface area contributed by atoms with Crippen LogP contribution in [0.5, 0.6) is 0 Å². The number of primary amides is 1. The Morgan fingerprint density at radius 3 is 2.91 bits per heavy atom. The molecule has 114 valence electrons. The fourth-order valence-corrected chi connectivity index (χ4v) is 3.28. The van der Waals surface area contributed by atoms with Crippen molar-refractivity contribution in [1.82, 2.24) is 9.88 Å². The molecule has 1 aromatic carbocycles. The van der Waals surface area contributed by atoms with Crippen LogP contribution in [0.2, 0.25) is 0 Å². The fourth-order valence-electron chi connectivity index (χ4n) is 3.28. The van der Waals surface area contributed by atoms with E-state index in [1.807, 2.05) is 24.0 Å². The number of benzene rings is 1. The number of aromatic nitrogens is 1. The zero-order valence-corrected chi connectivity index (χ0v) is 12.6.